The van der Waals surface area contributed by atoms with Crippen LogP contribution in [-0.4, -0.2) is 55.9 Å². The van der Waals surface area contributed by atoms with Crippen LogP contribution in [0.15, 0.2) is 53.7 Å². The van der Waals surface area contributed by atoms with E-state index in [1.54, 1.807) is 48.8 Å². The maximum atomic E-state index is 13.0. The summed E-state index contributed by atoms with van der Waals surface area (Å²) in [6.45, 7) is 10.9. The predicted octanol–water partition coefficient (Wildman–Crippen LogP) is 3.71. The number of anilines is 1. The van der Waals surface area contributed by atoms with Crippen LogP contribution in [-0.2, 0) is 10.2 Å². The quantitative estimate of drug-likeness (QED) is 0.486. The fourth-order valence-corrected chi connectivity index (χ4v) is 3.78. The Morgan fingerprint density at radius 2 is 1.94 bits per heavy atom. The zero-order chi connectivity index (χ0) is 25.7. The van der Waals surface area contributed by atoms with Crippen molar-refractivity contribution in [3.8, 4) is 0 Å². The summed E-state index contributed by atoms with van der Waals surface area (Å²) in [5.41, 5.74) is 5.00. The number of amides is 2. The first kappa shape index (κ1) is 24.9. The van der Waals surface area contributed by atoms with Gasteiger partial charge in [-0.15, -0.1) is 10.2 Å². The number of hydrogen-bond acceptors (Lipinski definition) is 7. The Bertz CT molecular complexity index is 1250. The second-order valence-corrected chi connectivity index (χ2v) is 9.70. The van der Waals surface area contributed by atoms with Crippen LogP contribution in [0.5, 0.6) is 0 Å². The lowest BCUT2D eigenvalue weighted by Gasteiger charge is -2.33. The molecule has 1 aliphatic rings. The molecule has 1 saturated heterocycles. The first-order chi connectivity index (χ1) is 17.2. The van der Waals surface area contributed by atoms with Gasteiger partial charge < -0.3 is 14.6 Å². The normalized spacial score (nSPS) is 16.2. The summed E-state index contributed by atoms with van der Waals surface area (Å²) in [7, 11) is 0. The molecule has 2 aromatic heterocycles. The Morgan fingerprint density at radius 3 is 2.64 bits per heavy atom. The van der Waals surface area contributed by atoms with Gasteiger partial charge >= 0.3 is 0 Å². The van der Waals surface area contributed by atoms with Gasteiger partial charge in [0.05, 0.1) is 18.4 Å². The average molecular weight is 490 g/mol. The van der Waals surface area contributed by atoms with E-state index in [4.69, 9.17) is 4.42 Å². The highest BCUT2D eigenvalue weighted by Gasteiger charge is 2.25. The van der Waals surface area contributed by atoms with Crippen molar-refractivity contribution in [1.82, 2.24) is 25.0 Å². The maximum Gasteiger partial charge on any atom is 0.253 e. The third-order valence-electron chi connectivity index (χ3n) is 5.76. The molecular formula is C26H31N7O3. The number of hydrogen-bond donors (Lipinski definition) is 2. The first-order valence-corrected chi connectivity index (χ1v) is 11.9. The molecule has 2 N–H and O–H groups in total. The van der Waals surface area contributed by atoms with E-state index in [0.29, 0.717) is 35.9 Å². The van der Waals surface area contributed by atoms with Gasteiger partial charge in [0.15, 0.2) is 0 Å². The van der Waals surface area contributed by atoms with Crippen molar-refractivity contribution in [2.24, 2.45) is 0 Å². The molecule has 0 aliphatic carbocycles. The van der Waals surface area contributed by atoms with Crippen LogP contribution in [0.1, 0.15) is 61.3 Å². The van der Waals surface area contributed by atoms with E-state index in [1.807, 2.05) is 4.90 Å². The lowest BCUT2D eigenvalue weighted by molar-refractivity contribution is -0.111. The van der Waals surface area contributed by atoms with Gasteiger partial charge in [0, 0.05) is 35.8 Å². The van der Waals surface area contributed by atoms with Crippen molar-refractivity contribution in [1.29, 1.82) is 0 Å². The molecule has 10 nitrogen and oxygen atoms in total. The van der Waals surface area contributed by atoms with E-state index in [1.165, 1.54) is 11.0 Å². The zero-order valence-corrected chi connectivity index (χ0v) is 20.8. The van der Waals surface area contributed by atoms with Gasteiger partial charge in [-0.1, -0.05) is 32.3 Å². The Hall–Kier alpha value is -4.21. The second kappa shape index (κ2) is 10.6. The molecule has 1 atom stereocenters. The number of oxazole rings is 1. The Kier molecular flexibility index (Phi) is 7.33. The fraction of sp³-hybridized carbons (Fsp3) is 0.346. The first-order valence-electron chi connectivity index (χ1n) is 11.9. The molecule has 188 valence electrons. The maximum absolute atomic E-state index is 13.0. The number of rotatable bonds is 7. The van der Waals surface area contributed by atoms with Gasteiger partial charge in [-0.3, -0.25) is 15.0 Å². The van der Waals surface area contributed by atoms with E-state index in [2.05, 4.69) is 53.3 Å². The summed E-state index contributed by atoms with van der Waals surface area (Å²) in [5.74, 6) is 0.984. The standard InChI is InChI=1S/C26H31N7O3/c1-5-23(34)29-19-10-8-18(9-11-19)25(35)32-14-6-7-21(17-32)31-33-28-15-20(30-33)12-13-24-27-16-22(36-24)26(2,3)4/h5,8-13,15-16,21,31H,1,6-7,14,17H2,2-4H3,(H,29,34). The van der Waals surface area contributed by atoms with Crippen LogP contribution in [0.2, 0.25) is 0 Å². The van der Waals surface area contributed by atoms with Gasteiger partial charge in [-0.2, -0.15) is 0 Å². The second-order valence-electron chi connectivity index (χ2n) is 9.70. The number of likely N-dealkylation sites (tertiary alicyclic amines) is 1. The number of benzene rings is 1. The molecule has 0 radical (unpaired) electrons. The number of piperidine rings is 1. The molecule has 4 rings (SSSR count). The van der Waals surface area contributed by atoms with E-state index >= 15 is 0 Å². The van der Waals surface area contributed by atoms with E-state index in [0.717, 1.165) is 18.6 Å². The molecule has 1 aromatic carbocycles. The van der Waals surface area contributed by atoms with Crippen molar-refractivity contribution in [3.63, 3.8) is 0 Å². The molecule has 1 unspecified atom stereocenters. The SMILES string of the molecule is C=CC(=O)Nc1ccc(C(=O)N2CCCC(Nn3ncc(C=Cc4ncc(C(C)(C)C)o4)n3)C2)cc1. The van der Waals surface area contributed by atoms with E-state index in [-0.39, 0.29) is 23.3 Å². The van der Waals surface area contributed by atoms with E-state index in [9.17, 15) is 9.59 Å². The van der Waals surface area contributed by atoms with Crippen molar-refractivity contribution in [2.45, 2.75) is 45.1 Å². The molecule has 10 heteroatoms. The summed E-state index contributed by atoms with van der Waals surface area (Å²) in [6.07, 6.45) is 9.91. The topological polar surface area (TPSA) is 118 Å². The molecule has 0 spiro atoms. The van der Waals surface area contributed by atoms with Crippen LogP contribution in [0.3, 0.4) is 0 Å². The summed E-state index contributed by atoms with van der Waals surface area (Å²) < 4.78 is 5.77. The van der Waals surface area contributed by atoms with E-state index < -0.39 is 0 Å². The molecule has 2 amide bonds. The summed E-state index contributed by atoms with van der Waals surface area (Å²) in [6, 6.07) is 6.85. The van der Waals surface area contributed by atoms with Crippen molar-refractivity contribution < 1.29 is 14.0 Å². The van der Waals surface area contributed by atoms with Crippen molar-refractivity contribution in [2.75, 3.05) is 23.8 Å². The molecule has 3 heterocycles. The third kappa shape index (κ3) is 6.26. The Labute approximate surface area is 210 Å². The number of carbonyl (C=O) groups excluding carboxylic acids is 2. The Balaban J connectivity index is 1.33. The average Bonchev–Trinajstić information content (AvgIpc) is 3.52. The van der Waals surface area contributed by atoms with Crippen LogP contribution < -0.4 is 10.7 Å². The van der Waals surface area contributed by atoms with Gasteiger partial charge in [0.1, 0.15) is 11.5 Å². The van der Waals surface area contributed by atoms with Crippen molar-refractivity contribution >= 4 is 29.7 Å². The van der Waals surface area contributed by atoms with Gasteiger partial charge in [-0.25, -0.2) is 4.98 Å². The lowest BCUT2D eigenvalue weighted by atomic mass is 9.94. The largest absolute Gasteiger partial charge is 0.441 e. The molecular weight excluding hydrogens is 458 g/mol. The smallest absolute Gasteiger partial charge is 0.253 e. The summed E-state index contributed by atoms with van der Waals surface area (Å²) in [4.78, 5) is 32.0. The highest BCUT2D eigenvalue weighted by Crippen LogP contribution is 2.23. The molecule has 0 saturated carbocycles. The van der Waals surface area contributed by atoms with Gasteiger partial charge in [-0.05, 0) is 49.3 Å². The number of nitrogens with zero attached hydrogens (tertiary/aromatic N) is 5. The van der Waals surface area contributed by atoms with Crippen LogP contribution in [0, 0.1) is 0 Å². The van der Waals surface area contributed by atoms with Gasteiger partial charge in [0.25, 0.3) is 5.91 Å². The van der Waals surface area contributed by atoms with Gasteiger partial charge in [0.2, 0.25) is 11.8 Å². The molecule has 1 aliphatic heterocycles. The number of aromatic nitrogens is 4. The van der Waals surface area contributed by atoms with Crippen LogP contribution in [0.4, 0.5) is 5.69 Å². The Morgan fingerprint density at radius 1 is 1.17 bits per heavy atom. The summed E-state index contributed by atoms with van der Waals surface area (Å²) >= 11 is 0. The number of nitrogens with one attached hydrogen (secondary N) is 2. The third-order valence-corrected chi connectivity index (χ3v) is 5.76. The molecule has 3 aromatic rings. The van der Waals surface area contributed by atoms with Crippen molar-refractivity contribution in [3.05, 3.63) is 72.2 Å². The lowest BCUT2D eigenvalue weighted by Crippen LogP contribution is -2.47. The minimum atomic E-state index is -0.294. The van der Waals surface area contributed by atoms with Crippen LogP contribution in [0.25, 0.3) is 12.2 Å². The molecule has 36 heavy (non-hydrogen) atoms. The number of carbonyl (C=O) groups is 2. The summed E-state index contributed by atoms with van der Waals surface area (Å²) in [5, 5.41) is 11.4. The molecule has 1 fully saturated rings. The van der Waals surface area contributed by atoms with Crippen LogP contribution >= 0.6 is 0 Å². The minimum absolute atomic E-state index is 0.0131. The monoisotopic (exact) mass is 489 g/mol. The molecule has 0 bridgehead atoms. The zero-order valence-electron chi connectivity index (χ0n) is 20.8. The highest BCUT2D eigenvalue weighted by molar-refractivity contribution is 5.99. The predicted molar refractivity (Wildman–Crippen MR) is 138 cm³/mol. The minimum Gasteiger partial charge on any atom is -0.441 e. The fourth-order valence-electron chi connectivity index (χ4n) is 3.78. The highest BCUT2D eigenvalue weighted by atomic mass is 16.4.